The Balaban J connectivity index is 1.51. The van der Waals surface area contributed by atoms with Crippen LogP contribution in [0.2, 0.25) is 0 Å². The molecule has 6 nitrogen and oxygen atoms in total. The molecule has 2 aromatic rings. The molecule has 1 aliphatic rings. The number of urea groups is 1. The molecule has 1 aromatic heterocycles. The molecule has 1 aliphatic heterocycles. The van der Waals surface area contributed by atoms with Crippen LogP contribution in [-0.4, -0.2) is 40.0 Å². The van der Waals surface area contributed by atoms with Crippen molar-refractivity contribution in [3.63, 3.8) is 0 Å². The summed E-state index contributed by atoms with van der Waals surface area (Å²) in [5.74, 6) is 0.852. The summed E-state index contributed by atoms with van der Waals surface area (Å²) < 4.78 is 0. The van der Waals surface area contributed by atoms with Crippen LogP contribution in [-0.2, 0) is 0 Å². The van der Waals surface area contributed by atoms with Crippen molar-refractivity contribution in [2.24, 2.45) is 0 Å². The SMILES string of the molecule is Cc1cc(NC2CCN(C(=O)Nc3ccc(C)c(C)c3)CC2)ncn1. The molecule has 1 saturated heterocycles. The van der Waals surface area contributed by atoms with E-state index in [2.05, 4.69) is 34.4 Å². The number of rotatable bonds is 3. The maximum absolute atomic E-state index is 12.4. The number of amides is 2. The summed E-state index contributed by atoms with van der Waals surface area (Å²) in [6.07, 6.45) is 3.39. The van der Waals surface area contributed by atoms with E-state index in [9.17, 15) is 4.79 Å². The Bertz CT molecular complexity index is 753. The highest BCUT2D eigenvalue weighted by molar-refractivity contribution is 5.89. The number of nitrogens with zero attached hydrogens (tertiary/aromatic N) is 3. The number of piperidine rings is 1. The summed E-state index contributed by atoms with van der Waals surface area (Å²) in [6.45, 7) is 7.54. The molecule has 1 fully saturated rings. The van der Waals surface area contributed by atoms with Crippen LogP contribution in [0.3, 0.4) is 0 Å². The Hall–Kier alpha value is -2.63. The minimum absolute atomic E-state index is 0.0282. The molecule has 0 spiro atoms. The number of likely N-dealkylation sites (tertiary alicyclic amines) is 1. The number of hydrogen-bond acceptors (Lipinski definition) is 4. The van der Waals surface area contributed by atoms with E-state index in [0.717, 1.165) is 43.1 Å². The highest BCUT2D eigenvalue weighted by Crippen LogP contribution is 2.18. The molecular formula is C19H25N5O. The number of benzene rings is 1. The molecule has 132 valence electrons. The molecule has 25 heavy (non-hydrogen) atoms. The average Bonchev–Trinajstić information content (AvgIpc) is 2.59. The van der Waals surface area contributed by atoms with Crippen LogP contribution in [0.15, 0.2) is 30.6 Å². The number of aryl methyl sites for hydroxylation is 3. The minimum Gasteiger partial charge on any atom is -0.367 e. The Morgan fingerprint density at radius 1 is 1.08 bits per heavy atom. The standard InChI is InChI=1S/C19H25N5O/c1-13-4-5-17(10-14(13)2)23-19(25)24-8-6-16(7-9-24)22-18-11-15(3)20-12-21-18/h4-5,10-12,16H,6-9H2,1-3H3,(H,23,25)(H,20,21,22). The average molecular weight is 339 g/mol. The maximum atomic E-state index is 12.4. The predicted molar refractivity (Wildman–Crippen MR) is 99.9 cm³/mol. The number of nitrogens with one attached hydrogen (secondary N) is 2. The predicted octanol–water partition coefficient (Wildman–Crippen LogP) is 3.51. The number of hydrogen-bond donors (Lipinski definition) is 2. The second-order valence-electron chi connectivity index (χ2n) is 6.68. The Morgan fingerprint density at radius 2 is 1.84 bits per heavy atom. The molecule has 2 amide bonds. The summed E-state index contributed by atoms with van der Waals surface area (Å²) in [7, 11) is 0. The van der Waals surface area contributed by atoms with Crippen molar-refractivity contribution in [2.45, 2.75) is 39.7 Å². The fourth-order valence-electron chi connectivity index (χ4n) is 2.99. The minimum atomic E-state index is -0.0282. The third kappa shape index (κ3) is 4.47. The fraction of sp³-hybridized carbons (Fsp3) is 0.421. The molecule has 0 atom stereocenters. The molecule has 3 rings (SSSR count). The van der Waals surface area contributed by atoms with Gasteiger partial charge in [0.05, 0.1) is 0 Å². The van der Waals surface area contributed by atoms with Crippen LogP contribution in [0.5, 0.6) is 0 Å². The molecule has 2 heterocycles. The van der Waals surface area contributed by atoms with Gasteiger partial charge < -0.3 is 15.5 Å². The van der Waals surface area contributed by atoms with Gasteiger partial charge in [-0.05, 0) is 56.9 Å². The summed E-state index contributed by atoms with van der Waals surface area (Å²) in [4.78, 5) is 22.7. The normalized spacial score (nSPS) is 15.1. The van der Waals surface area contributed by atoms with Gasteiger partial charge in [0.15, 0.2) is 0 Å². The molecule has 2 N–H and O–H groups in total. The summed E-state index contributed by atoms with van der Waals surface area (Å²) >= 11 is 0. The van der Waals surface area contributed by atoms with Gasteiger partial charge in [0.1, 0.15) is 12.1 Å². The van der Waals surface area contributed by atoms with Gasteiger partial charge in [-0.3, -0.25) is 0 Å². The van der Waals surface area contributed by atoms with Crippen molar-refractivity contribution >= 4 is 17.5 Å². The van der Waals surface area contributed by atoms with Gasteiger partial charge in [-0.2, -0.15) is 0 Å². The van der Waals surface area contributed by atoms with E-state index in [1.54, 1.807) is 6.33 Å². The van der Waals surface area contributed by atoms with Crippen LogP contribution in [0.1, 0.15) is 29.7 Å². The van der Waals surface area contributed by atoms with E-state index >= 15 is 0 Å². The lowest BCUT2D eigenvalue weighted by Gasteiger charge is -2.32. The van der Waals surface area contributed by atoms with Gasteiger partial charge >= 0.3 is 6.03 Å². The van der Waals surface area contributed by atoms with Crippen molar-refractivity contribution in [1.82, 2.24) is 14.9 Å². The van der Waals surface area contributed by atoms with E-state index in [-0.39, 0.29) is 6.03 Å². The molecular weight excluding hydrogens is 314 g/mol. The second kappa shape index (κ2) is 7.51. The first-order chi connectivity index (χ1) is 12.0. The lowest BCUT2D eigenvalue weighted by molar-refractivity contribution is 0.197. The highest BCUT2D eigenvalue weighted by atomic mass is 16.2. The zero-order valence-corrected chi connectivity index (χ0v) is 15.0. The largest absolute Gasteiger partial charge is 0.367 e. The van der Waals surface area contributed by atoms with Crippen molar-refractivity contribution in [2.75, 3.05) is 23.7 Å². The van der Waals surface area contributed by atoms with E-state index in [0.29, 0.717) is 6.04 Å². The molecule has 0 saturated carbocycles. The van der Waals surface area contributed by atoms with Crippen molar-refractivity contribution < 1.29 is 4.79 Å². The van der Waals surface area contributed by atoms with Crippen molar-refractivity contribution in [3.05, 3.63) is 47.4 Å². The Morgan fingerprint density at radius 3 is 2.52 bits per heavy atom. The first-order valence-corrected chi connectivity index (χ1v) is 8.69. The Labute approximate surface area is 148 Å². The van der Waals surface area contributed by atoms with Crippen LogP contribution in [0.4, 0.5) is 16.3 Å². The van der Waals surface area contributed by atoms with Crippen molar-refractivity contribution in [3.8, 4) is 0 Å². The first-order valence-electron chi connectivity index (χ1n) is 8.69. The first kappa shape index (κ1) is 17.2. The lowest BCUT2D eigenvalue weighted by atomic mass is 10.1. The van der Waals surface area contributed by atoms with Gasteiger partial charge in [0.25, 0.3) is 0 Å². The molecule has 0 unspecified atom stereocenters. The number of carbonyl (C=O) groups excluding carboxylic acids is 1. The van der Waals surface area contributed by atoms with Gasteiger partial charge in [-0.15, -0.1) is 0 Å². The number of carbonyl (C=O) groups is 1. The van der Waals surface area contributed by atoms with E-state index in [1.165, 1.54) is 11.1 Å². The summed E-state index contributed by atoms with van der Waals surface area (Å²) in [5.41, 5.74) is 4.21. The number of anilines is 2. The monoisotopic (exact) mass is 339 g/mol. The van der Waals surface area contributed by atoms with Crippen LogP contribution < -0.4 is 10.6 Å². The van der Waals surface area contributed by atoms with Gasteiger partial charge in [-0.1, -0.05) is 6.07 Å². The van der Waals surface area contributed by atoms with Crippen LogP contribution in [0.25, 0.3) is 0 Å². The molecule has 0 aliphatic carbocycles. The molecule has 0 radical (unpaired) electrons. The van der Waals surface area contributed by atoms with Crippen molar-refractivity contribution in [1.29, 1.82) is 0 Å². The highest BCUT2D eigenvalue weighted by Gasteiger charge is 2.23. The number of aromatic nitrogens is 2. The van der Waals surface area contributed by atoms with Gasteiger partial charge in [0.2, 0.25) is 0 Å². The quantitative estimate of drug-likeness (QED) is 0.898. The van der Waals surface area contributed by atoms with Gasteiger partial charge in [0, 0.05) is 36.6 Å². The maximum Gasteiger partial charge on any atom is 0.321 e. The lowest BCUT2D eigenvalue weighted by Crippen LogP contribution is -2.44. The third-order valence-electron chi connectivity index (χ3n) is 4.70. The molecule has 6 heteroatoms. The fourth-order valence-corrected chi connectivity index (χ4v) is 2.99. The molecule has 0 bridgehead atoms. The third-order valence-corrected chi connectivity index (χ3v) is 4.70. The zero-order chi connectivity index (χ0) is 17.8. The zero-order valence-electron chi connectivity index (χ0n) is 15.0. The Kier molecular flexibility index (Phi) is 5.16. The van der Waals surface area contributed by atoms with E-state index in [1.807, 2.05) is 36.1 Å². The second-order valence-corrected chi connectivity index (χ2v) is 6.68. The van der Waals surface area contributed by atoms with Crippen LogP contribution in [0, 0.1) is 20.8 Å². The topological polar surface area (TPSA) is 70.2 Å². The van der Waals surface area contributed by atoms with Crippen LogP contribution >= 0.6 is 0 Å². The van der Waals surface area contributed by atoms with E-state index < -0.39 is 0 Å². The summed E-state index contributed by atoms with van der Waals surface area (Å²) in [6, 6.07) is 8.24. The smallest absolute Gasteiger partial charge is 0.321 e. The van der Waals surface area contributed by atoms with Gasteiger partial charge in [-0.25, -0.2) is 14.8 Å². The molecule has 1 aromatic carbocycles. The van der Waals surface area contributed by atoms with E-state index in [4.69, 9.17) is 0 Å². The summed E-state index contributed by atoms with van der Waals surface area (Å²) in [5, 5.41) is 6.43.